The van der Waals surface area contributed by atoms with E-state index in [-0.39, 0.29) is 0 Å². The number of benzene rings is 1. The first-order chi connectivity index (χ1) is 10.7. The molecule has 112 valence electrons. The summed E-state index contributed by atoms with van der Waals surface area (Å²) in [5.41, 5.74) is 1.45. The Morgan fingerprint density at radius 2 is 2.05 bits per heavy atom. The first-order valence-electron chi connectivity index (χ1n) is 6.66. The largest absolute Gasteiger partial charge is 0.496 e. The summed E-state index contributed by atoms with van der Waals surface area (Å²) in [6.07, 6.45) is 1.86. The van der Waals surface area contributed by atoms with Crippen LogP contribution in [0.2, 0.25) is 0 Å². The smallest absolute Gasteiger partial charge is 0.212 e. The molecular formula is C15H13N3O3S. The Morgan fingerprint density at radius 3 is 2.77 bits per heavy atom. The zero-order chi connectivity index (χ0) is 15.3. The van der Waals surface area contributed by atoms with Crippen molar-refractivity contribution >= 4 is 27.3 Å². The molecule has 3 aromatic heterocycles. The van der Waals surface area contributed by atoms with Crippen molar-refractivity contribution < 1.29 is 13.9 Å². The summed E-state index contributed by atoms with van der Waals surface area (Å²) in [5, 5.41) is 6.23. The van der Waals surface area contributed by atoms with Gasteiger partial charge in [-0.15, -0.1) is 0 Å². The maximum Gasteiger partial charge on any atom is 0.212 e. The Bertz CT molecular complexity index is 951. The molecule has 1 aromatic carbocycles. The summed E-state index contributed by atoms with van der Waals surface area (Å²) >= 11 is 1.54. The predicted molar refractivity (Wildman–Crippen MR) is 83.9 cm³/mol. The second-order valence-electron chi connectivity index (χ2n) is 4.83. The van der Waals surface area contributed by atoms with Crippen LogP contribution < -0.4 is 9.47 Å². The van der Waals surface area contributed by atoms with Gasteiger partial charge < -0.3 is 13.9 Å². The third kappa shape index (κ3) is 1.93. The van der Waals surface area contributed by atoms with Gasteiger partial charge in [-0.25, -0.2) is 9.50 Å². The van der Waals surface area contributed by atoms with E-state index in [1.807, 2.05) is 31.3 Å². The molecule has 22 heavy (non-hydrogen) atoms. The minimum Gasteiger partial charge on any atom is -0.496 e. The van der Waals surface area contributed by atoms with Gasteiger partial charge in [0.25, 0.3) is 0 Å². The summed E-state index contributed by atoms with van der Waals surface area (Å²) in [5.74, 6) is 2.07. The molecule has 0 amide bonds. The van der Waals surface area contributed by atoms with E-state index in [1.165, 1.54) is 0 Å². The number of fused-ring (bicyclic) bond motifs is 2. The number of ether oxygens (including phenoxy) is 2. The van der Waals surface area contributed by atoms with Crippen LogP contribution in [0.15, 0.2) is 28.8 Å². The standard InChI is InChI=1S/C15H13N3O3S/c1-8-17-18-7-11(16-15(18)22-8)14-6-10-12(20-3)4-9(19-2)5-13(10)21-14/h4-7H,1-3H3. The quantitative estimate of drug-likeness (QED) is 0.579. The molecule has 3 heterocycles. The molecular weight excluding hydrogens is 302 g/mol. The van der Waals surface area contributed by atoms with Gasteiger partial charge in [-0.3, -0.25) is 0 Å². The van der Waals surface area contributed by atoms with Gasteiger partial charge in [-0.1, -0.05) is 11.3 Å². The summed E-state index contributed by atoms with van der Waals surface area (Å²) in [4.78, 5) is 5.40. The van der Waals surface area contributed by atoms with E-state index in [1.54, 1.807) is 30.1 Å². The average Bonchev–Trinajstić information content (AvgIpc) is 3.17. The first kappa shape index (κ1) is 13.1. The van der Waals surface area contributed by atoms with Gasteiger partial charge >= 0.3 is 0 Å². The van der Waals surface area contributed by atoms with Gasteiger partial charge in [-0.05, 0) is 13.0 Å². The molecule has 0 aliphatic carbocycles. The monoisotopic (exact) mass is 315 g/mol. The molecule has 6 nitrogen and oxygen atoms in total. The van der Waals surface area contributed by atoms with Crippen LogP contribution in [-0.2, 0) is 0 Å². The topological polar surface area (TPSA) is 61.8 Å². The molecule has 4 aromatic rings. The molecule has 0 N–H and O–H groups in total. The van der Waals surface area contributed by atoms with Gasteiger partial charge in [0.1, 0.15) is 27.8 Å². The maximum atomic E-state index is 5.91. The van der Waals surface area contributed by atoms with Crippen molar-refractivity contribution in [2.45, 2.75) is 6.92 Å². The van der Waals surface area contributed by atoms with Crippen molar-refractivity contribution in [3.8, 4) is 23.0 Å². The van der Waals surface area contributed by atoms with Crippen molar-refractivity contribution in [2.75, 3.05) is 14.2 Å². The Morgan fingerprint density at radius 1 is 1.18 bits per heavy atom. The Hall–Kier alpha value is -2.54. The lowest BCUT2D eigenvalue weighted by molar-refractivity contribution is 0.397. The minimum absolute atomic E-state index is 0.678. The highest BCUT2D eigenvalue weighted by Gasteiger charge is 2.15. The van der Waals surface area contributed by atoms with Crippen LogP contribution in [0.3, 0.4) is 0 Å². The van der Waals surface area contributed by atoms with Gasteiger partial charge in [0.15, 0.2) is 5.76 Å². The van der Waals surface area contributed by atoms with Gasteiger partial charge in [0.05, 0.1) is 25.8 Å². The number of furan rings is 1. The second kappa shape index (κ2) is 4.74. The maximum absolute atomic E-state index is 5.91. The van der Waals surface area contributed by atoms with E-state index in [9.17, 15) is 0 Å². The highest BCUT2D eigenvalue weighted by Crippen LogP contribution is 2.36. The third-order valence-corrected chi connectivity index (χ3v) is 4.26. The number of rotatable bonds is 3. The van der Waals surface area contributed by atoms with E-state index in [4.69, 9.17) is 13.9 Å². The van der Waals surface area contributed by atoms with E-state index in [2.05, 4.69) is 10.1 Å². The second-order valence-corrected chi connectivity index (χ2v) is 5.99. The van der Waals surface area contributed by atoms with E-state index < -0.39 is 0 Å². The molecule has 0 saturated heterocycles. The van der Waals surface area contributed by atoms with Crippen LogP contribution >= 0.6 is 11.3 Å². The fraction of sp³-hybridized carbons (Fsp3) is 0.200. The molecule has 4 rings (SSSR count). The summed E-state index contributed by atoms with van der Waals surface area (Å²) in [6.45, 7) is 1.96. The number of methoxy groups -OCH3 is 2. The number of hydrogen-bond acceptors (Lipinski definition) is 6. The first-order valence-corrected chi connectivity index (χ1v) is 7.48. The van der Waals surface area contributed by atoms with Crippen molar-refractivity contribution in [3.05, 3.63) is 29.4 Å². The predicted octanol–water partition coefficient (Wildman–Crippen LogP) is 3.53. The van der Waals surface area contributed by atoms with E-state index >= 15 is 0 Å². The highest BCUT2D eigenvalue weighted by atomic mass is 32.1. The molecule has 0 atom stereocenters. The number of imidazole rings is 1. The van der Waals surface area contributed by atoms with Crippen LogP contribution in [0.1, 0.15) is 5.01 Å². The zero-order valence-corrected chi connectivity index (χ0v) is 13.1. The van der Waals surface area contributed by atoms with Crippen molar-refractivity contribution in [3.63, 3.8) is 0 Å². The third-order valence-electron chi connectivity index (χ3n) is 3.43. The van der Waals surface area contributed by atoms with Crippen molar-refractivity contribution in [2.24, 2.45) is 0 Å². The number of aryl methyl sites for hydroxylation is 1. The van der Waals surface area contributed by atoms with Crippen LogP contribution in [0.4, 0.5) is 0 Å². The average molecular weight is 315 g/mol. The van der Waals surface area contributed by atoms with Crippen molar-refractivity contribution in [1.29, 1.82) is 0 Å². The summed E-state index contributed by atoms with van der Waals surface area (Å²) < 4.78 is 18.3. The molecule has 7 heteroatoms. The molecule has 0 aliphatic rings. The molecule has 0 spiro atoms. The number of hydrogen-bond donors (Lipinski definition) is 0. The van der Waals surface area contributed by atoms with Crippen LogP contribution in [-0.4, -0.2) is 28.8 Å². The van der Waals surface area contributed by atoms with Crippen molar-refractivity contribution in [1.82, 2.24) is 14.6 Å². The SMILES string of the molecule is COc1cc(OC)c2cc(-c3cn4nc(C)sc4n3)oc2c1. The van der Waals surface area contributed by atoms with Crippen LogP contribution in [0.5, 0.6) is 11.5 Å². The van der Waals surface area contributed by atoms with Crippen LogP contribution in [0.25, 0.3) is 27.4 Å². The fourth-order valence-electron chi connectivity index (χ4n) is 2.41. The van der Waals surface area contributed by atoms with Crippen LogP contribution in [0, 0.1) is 6.92 Å². The Kier molecular flexibility index (Phi) is 2.83. The van der Waals surface area contributed by atoms with E-state index in [0.717, 1.165) is 21.0 Å². The summed E-state index contributed by atoms with van der Waals surface area (Å²) in [6, 6.07) is 5.59. The zero-order valence-electron chi connectivity index (χ0n) is 12.3. The lowest BCUT2D eigenvalue weighted by atomic mass is 10.2. The lowest BCUT2D eigenvalue weighted by Crippen LogP contribution is -1.86. The van der Waals surface area contributed by atoms with Gasteiger partial charge in [-0.2, -0.15) is 5.10 Å². The number of aromatic nitrogens is 3. The molecule has 0 radical (unpaired) electrons. The van der Waals surface area contributed by atoms with Gasteiger partial charge in [0.2, 0.25) is 4.96 Å². The minimum atomic E-state index is 0.678. The molecule has 0 aliphatic heterocycles. The molecule has 0 fully saturated rings. The summed E-state index contributed by atoms with van der Waals surface area (Å²) in [7, 11) is 3.24. The Labute approximate surface area is 129 Å². The number of nitrogens with zero attached hydrogens (tertiary/aromatic N) is 3. The highest BCUT2D eigenvalue weighted by molar-refractivity contribution is 7.16. The molecule has 0 unspecified atom stereocenters. The normalized spacial score (nSPS) is 11.4. The molecule has 0 bridgehead atoms. The van der Waals surface area contributed by atoms with E-state index in [0.29, 0.717) is 22.8 Å². The fourth-order valence-corrected chi connectivity index (χ4v) is 3.14. The lowest BCUT2D eigenvalue weighted by Gasteiger charge is -2.04. The van der Waals surface area contributed by atoms with Gasteiger partial charge in [0, 0.05) is 12.1 Å². The Balaban J connectivity index is 1.89. The molecule has 0 saturated carbocycles.